The molecule has 0 radical (unpaired) electrons. The Bertz CT molecular complexity index is 696. The van der Waals surface area contributed by atoms with E-state index in [2.05, 4.69) is 34.1 Å². The molecule has 1 aromatic carbocycles. The molecule has 132 valence electrons. The van der Waals surface area contributed by atoms with E-state index in [4.69, 9.17) is 5.73 Å². The van der Waals surface area contributed by atoms with Crippen LogP contribution in [0.4, 0.5) is 0 Å². The van der Waals surface area contributed by atoms with Gasteiger partial charge in [0, 0.05) is 51.0 Å². The number of likely N-dealkylation sites (tertiary alicyclic amines) is 1. The predicted octanol–water partition coefficient (Wildman–Crippen LogP) is 2.28. The summed E-state index contributed by atoms with van der Waals surface area (Å²) >= 11 is 0. The maximum atomic E-state index is 12.7. The normalized spacial score (nSPS) is 15.9. The Kier molecular flexibility index (Phi) is 5.79. The lowest BCUT2D eigenvalue weighted by molar-refractivity contribution is 0.0636. The molecule has 0 spiro atoms. The van der Waals surface area contributed by atoms with Crippen LogP contribution in [0.25, 0.3) is 0 Å². The van der Waals surface area contributed by atoms with Gasteiger partial charge in [0.15, 0.2) is 0 Å². The molecule has 0 bridgehead atoms. The molecule has 1 saturated heterocycles. The van der Waals surface area contributed by atoms with Crippen molar-refractivity contribution in [2.45, 2.75) is 32.0 Å². The van der Waals surface area contributed by atoms with Crippen molar-refractivity contribution < 1.29 is 4.79 Å². The molecule has 1 aromatic heterocycles. The fourth-order valence-corrected chi connectivity index (χ4v) is 3.40. The summed E-state index contributed by atoms with van der Waals surface area (Å²) in [5, 5.41) is 0. The first-order valence-electron chi connectivity index (χ1n) is 8.86. The van der Waals surface area contributed by atoms with Crippen molar-refractivity contribution in [2.24, 2.45) is 5.73 Å². The molecule has 1 fully saturated rings. The van der Waals surface area contributed by atoms with Crippen molar-refractivity contribution in [3.05, 3.63) is 65.5 Å². The molecule has 0 atom stereocenters. The maximum Gasteiger partial charge on any atom is 0.253 e. The molecule has 3 rings (SSSR count). The third-order valence-electron chi connectivity index (χ3n) is 4.95. The average Bonchev–Trinajstić information content (AvgIpc) is 2.68. The molecular formula is C20H26N4O. The molecule has 1 aliphatic rings. The number of piperidine rings is 1. The highest BCUT2D eigenvalue weighted by atomic mass is 16.2. The van der Waals surface area contributed by atoms with Crippen molar-refractivity contribution in [2.75, 3.05) is 20.1 Å². The standard InChI is InChI=1S/C20H26N4O/c1-23(20(25)17-7-10-22-18(13-17)14-21)19-8-11-24(12-9-19)15-16-5-3-2-4-6-16/h2-7,10,13,19H,8-9,11-12,14-15,21H2,1H3. The number of pyridine rings is 1. The van der Waals surface area contributed by atoms with Crippen LogP contribution in [-0.2, 0) is 13.1 Å². The number of rotatable bonds is 5. The number of hydrogen-bond donors (Lipinski definition) is 1. The summed E-state index contributed by atoms with van der Waals surface area (Å²) in [7, 11) is 1.91. The highest BCUT2D eigenvalue weighted by Gasteiger charge is 2.26. The second kappa shape index (κ2) is 8.23. The summed E-state index contributed by atoms with van der Waals surface area (Å²) in [6, 6.07) is 14.4. The minimum Gasteiger partial charge on any atom is -0.339 e. The van der Waals surface area contributed by atoms with Crippen LogP contribution >= 0.6 is 0 Å². The Morgan fingerprint density at radius 1 is 1.24 bits per heavy atom. The van der Waals surface area contributed by atoms with Crippen molar-refractivity contribution in [3.8, 4) is 0 Å². The first-order chi connectivity index (χ1) is 12.2. The molecule has 2 N–H and O–H groups in total. The topological polar surface area (TPSA) is 62.5 Å². The molecule has 2 heterocycles. The SMILES string of the molecule is CN(C(=O)c1ccnc(CN)c1)C1CCN(Cc2ccccc2)CC1. The zero-order chi connectivity index (χ0) is 17.6. The van der Waals surface area contributed by atoms with Crippen LogP contribution in [0.1, 0.15) is 34.5 Å². The van der Waals surface area contributed by atoms with Crippen molar-refractivity contribution in [1.29, 1.82) is 0 Å². The summed E-state index contributed by atoms with van der Waals surface area (Å²) in [4.78, 5) is 21.2. The molecule has 25 heavy (non-hydrogen) atoms. The van der Waals surface area contributed by atoms with E-state index in [-0.39, 0.29) is 11.9 Å². The molecule has 1 amide bonds. The molecule has 5 heteroatoms. The number of carbonyl (C=O) groups excluding carboxylic acids is 1. The summed E-state index contributed by atoms with van der Waals surface area (Å²) in [6.07, 6.45) is 3.67. The van der Waals surface area contributed by atoms with Gasteiger partial charge in [-0.15, -0.1) is 0 Å². The highest BCUT2D eigenvalue weighted by molar-refractivity contribution is 5.94. The van der Waals surface area contributed by atoms with Crippen LogP contribution in [0.15, 0.2) is 48.7 Å². The Hall–Kier alpha value is -2.24. The van der Waals surface area contributed by atoms with Crippen LogP contribution in [0, 0.1) is 0 Å². The van der Waals surface area contributed by atoms with E-state index >= 15 is 0 Å². The molecule has 5 nitrogen and oxygen atoms in total. The number of benzene rings is 1. The lowest BCUT2D eigenvalue weighted by Crippen LogP contribution is -2.45. The largest absolute Gasteiger partial charge is 0.339 e. The first-order valence-corrected chi connectivity index (χ1v) is 8.86. The summed E-state index contributed by atoms with van der Waals surface area (Å²) in [5.74, 6) is 0.0543. The third-order valence-corrected chi connectivity index (χ3v) is 4.95. The Morgan fingerprint density at radius 3 is 2.64 bits per heavy atom. The molecule has 0 unspecified atom stereocenters. The zero-order valence-electron chi connectivity index (χ0n) is 14.8. The van der Waals surface area contributed by atoms with Gasteiger partial charge < -0.3 is 10.6 Å². The van der Waals surface area contributed by atoms with Crippen LogP contribution in [0.3, 0.4) is 0 Å². The summed E-state index contributed by atoms with van der Waals surface area (Å²) in [6.45, 7) is 3.36. The van der Waals surface area contributed by atoms with Gasteiger partial charge >= 0.3 is 0 Å². The lowest BCUT2D eigenvalue weighted by atomic mass is 10.0. The predicted molar refractivity (Wildman–Crippen MR) is 99.0 cm³/mol. The van der Waals surface area contributed by atoms with Crippen LogP contribution in [-0.4, -0.2) is 46.9 Å². The van der Waals surface area contributed by atoms with Crippen molar-refractivity contribution in [3.63, 3.8) is 0 Å². The van der Waals surface area contributed by atoms with Gasteiger partial charge in [-0.2, -0.15) is 0 Å². The van der Waals surface area contributed by atoms with E-state index in [1.807, 2.05) is 18.0 Å². The van der Waals surface area contributed by atoms with Gasteiger partial charge in [-0.25, -0.2) is 0 Å². The van der Waals surface area contributed by atoms with E-state index in [9.17, 15) is 4.79 Å². The smallest absolute Gasteiger partial charge is 0.253 e. The van der Waals surface area contributed by atoms with Crippen molar-refractivity contribution in [1.82, 2.24) is 14.8 Å². The van der Waals surface area contributed by atoms with Gasteiger partial charge in [0.25, 0.3) is 5.91 Å². The first kappa shape index (κ1) is 17.6. The number of aromatic nitrogens is 1. The monoisotopic (exact) mass is 338 g/mol. The second-order valence-corrected chi connectivity index (χ2v) is 6.65. The van der Waals surface area contributed by atoms with Gasteiger partial charge in [0.05, 0.1) is 5.69 Å². The quantitative estimate of drug-likeness (QED) is 0.908. The van der Waals surface area contributed by atoms with Crippen LogP contribution < -0.4 is 5.73 Å². The fraction of sp³-hybridized carbons (Fsp3) is 0.400. The number of amides is 1. The lowest BCUT2D eigenvalue weighted by Gasteiger charge is -2.36. The van der Waals surface area contributed by atoms with Gasteiger partial charge in [0.2, 0.25) is 0 Å². The minimum absolute atomic E-state index is 0.0543. The Balaban J connectivity index is 1.55. The van der Waals surface area contributed by atoms with Gasteiger partial charge in [-0.3, -0.25) is 14.7 Å². The van der Waals surface area contributed by atoms with E-state index in [1.165, 1.54) is 5.56 Å². The molecule has 1 aliphatic heterocycles. The van der Waals surface area contributed by atoms with E-state index in [1.54, 1.807) is 18.3 Å². The molecule has 0 aliphatic carbocycles. The van der Waals surface area contributed by atoms with Crippen LogP contribution in [0.5, 0.6) is 0 Å². The second-order valence-electron chi connectivity index (χ2n) is 6.65. The zero-order valence-corrected chi connectivity index (χ0v) is 14.8. The van der Waals surface area contributed by atoms with Gasteiger partial charge in [0.1, 0.15) is 0 Å². The molecule has 0 saturated carbocycles. The maximum absolute atomic E-state index is 12.7. The highest BCUT2D eigenvalue weighted by Crippen LogP contribution is 2.19. The van der Waals surface area contributed by atoms with Crippen molar-refractivity contribution >= 4 is 5.91 Å². The number of hydrogen-bond acceptors (Lipinski definition) is 4. The van der Waals surface area contributed by atoms with Gasteiger partial charge in [-0.05, 0) is 30.5 Å². The van der Waals surface area contributed by atoms with E-state index < -0.39 is 0 Å². The number of carbonyl (C=O) groups is 1. The Labute approximate surface area is 149 Å². The molecular weight excluding hydrogens is 312 g/mol. The number of nitrogens with zero attached hydrogens (tertiary/aromatic N) is 3. The molecule has 2 aromatic rings. The fourth-order valence-electron chi connectivity index (χ4n) is 3.40. The average molecular weight is 338 g/mol. The van der Waals surface area contributed by atoms with Crippen LogP contribution in [0.2, 0.25) is 0 Å². The van der Waals surface area contributed by atoms with E-state index in [0.29, 0.717) is 12.1 Å². The Morgan fingerprint density at radius 2 is 1.96 bits per heavy atom. The third kappa shape index (κ3) is 4.44. The van der Waals surface area contributed by atoms with E-state index in [0.717, 1.165) is 38.2 Å². The number of nitrogens with two attached hydrogens (primary N) is 1. The van der Waals surface area contributed by atoms with Gasteiger partial charge in [-0.1, -0.05) is 30.3 Å². The summed E-state index contributed by atoms with van der Waals surface area (Å²) in [5.41, 5.74) is 8.39. The summed E-state index contributed by atoms with van der Waals surface area (Å²) < 4.78 is 0. The minimum atomic E-state index is 0.0543.